The van der Waals surface area contributed by atoms with E-state index in [1.165, 1.54) is 4.68 Å². The number of rotatable bonds is 4. The number of benzene rings is 2. The van der Waals surface area contributed by atoms with Gasteiger partial charge in [-0.2, -0.15) is 0 Å². The highest BCUT2D eigenvalue weighted by Crippen LogP contribution is 2.32. The standard InChI is InChI=1S/C22H21IN6O3/c1-13-16(21(30)29(27-13)15-4-2-14(23)3-5-15)12-24-19-10-17-18(26-22(31)25-17)11-20(19)28-6-8-32-9-7-28/h2-5,10-12,27H,6-9H2,1H3,(H2,25,26,31). The van der Waals surface area contributed by atoms with Gasteiger partial charge in [0.25, 0.3) is 5.56 Å². The van der Waals surface area contributed by atoms with Crippen LogP contribution in [0.4, 0.5) is 11.4 Å². The number of aromatic nitrogens is 4. The first kappa shape index (κ1) is 20.8. The Hall–Kier alpha value is -3.12. The maximum atomic E-state index is 13.1. The zero-order chi connectivity index (χ0) is 22.2. The SMILES string of the molecule is Cc1[nH]n(-c2ccc(I)cc2)c(=O)c1C=Nc1cc2[nH]c(=O)[nH]c2cc1N1CCOCC1. The van der Waals surface area contributed by atoms with Gasteiger partial charge in [-0.15, -0.1) is 0 Å². The summed E-state index contributed by atoms with van der Waals surface area (Å²) in [5.41, 5.74) is 4.48. The Labute approximate surface area is 196 Å². The van der Waals surface area contributed by atoms with Crippen molar-refractivity contribution in [3.05, 3.63) is 72.1 Å². The van der Waals surface area contributed by atoms with Crippen LogP contribution in [0.15, 0.2) is 51.0 Å². The quantitative estimate of drug-likeness (QED) is 0.271. The third-order valence-electron chi connectivity index (χ3n) is 5.50. The number of nitrogens with zero attached hydrogens (tertiary/aromatic N) is 3. The van der Waals surface area contributed by atoms with Crippen molar-refractivity contribution in [3.8, 4) is 5.69 Å². The molecule has 1 fully saturated rings. The molecule has 4 aromatic rings. The van der Waals surface area contributed by atoms with Crippen LogP contribution in [0.1, 0.15) is 11.3 Å². The van der Waals surface area contributed by atoms with Gasteiger partial charge in [-0.3, -0.25) is 14.9 Å². The highest BCUT2D eigenvalue weighted by Gasteiger charge is 2.17. The average molecular weight is 544 g/mol. The number of hydrogen-bond acceptors (Lipinski definition) is 5. The Morgan fingerprint density at radius 3 is 2.47 bits per heavy atom. The van der Waals surface area contributed by atoms with Gasteiger partial charge in [0.2, 0.25) is 0 Å². The van der Waals surface area contributed by atoms with E-state index in [9.17, 15) is 9.59 Å². The molecule has 10 heteroatoms. The fraction of sp³-hybridized carbons (Fsp3) is 0.227. The summed E-state index contributed by atoms with van der Waals surface area (Å²) in [4.78, 5) is 37.3. The third-order valence-corrected chi connectivity index (χ3v) is 6.22. The Morgan fingerprint density at radius 1 is 1.06 bits per heavy atom. The molecule has 3 heterocycles. The van der Waals surface area contributed by atoms with E-state index in [2.05, 4.69) is 47.5 Å². The molecule has 0 atom stereocenters. The summed E-state index contributed by atoms with van der Waals surface area (Å²) in [5.74, 6) is 0. The lowest BCUT2D eigenvalue weighted by atomic mass is 10.2. The molecule has 0 aliphatic carbocycles. The zero-order valence-electron chi connectivity index (χ0n) is 17.3. The maximum absolute atomic E-state index is 13.1. The average Bonchev–Trinajstić information content (AvgIpc) is 3.30. The number of halogens is 1. The predicted molar refractivity (Wildman–Crippen MR) is 133 cm³/mol. The van der Waals surface area contributed by atoms with E-state index in [0.29, 0.717) is 35.5 Å². The van der Waals surface area contributed by atoms with Crippen molar-refractivity contribution in [1.82, 2.24) is 19.7 Å². The second kappa shape index (κ2) is 8.43. The Kier molecular flexibility index (Phi) is 5.47. The molecule has 5 rings (SSSR count). The number of imidazole rings is 1. The van der Waals surface area contributed by atoms with Crippen LogP contribution in [0.25, 0.3) is 16.7 Å². The van der Waals surface area contributed by atoms with E-state index in [-0.39, 0.29) is 11.2 Å². The topological polar surface area (TPSA) is 111 Å². The molecule has 0 radical (unpaired) electrons. The number of aliphatic imine (C=N–C) groups is 1. The first-order valence-corrected chi connectivity index (χ1v) is 11.3. The second-order valence-electron chi connectivity index (χ2n) is 7.59. The molecular weight excluding hydrogens is 523 g/mol. The van der Waals surface area contributed by atoms with Crippen molar-refractivity contribution >= 4 is 51.2 Å². The van der Waals surface area contributed by atoms with Crippen molar-refractivity contribution in [2.75, 3.05) is 31.2 Å². The molecule has 2 aromatic carbocycles. The van der Waals surface area contributed by atoms with Gasteiger partial charge in [-0.25, -0.2) is 9.48 Å². The molecule has 1 saturated heterocycles. The van der Waals surface area contributed by atoms with E-state index < -0.39 is 0 Å². The van der Waals surface area contributed by atoms with Gasteiger partial charge in [0, 0.05) is 28.6 Å². The number of aryl methyl sites for hydroxylation is 1. The van der Waals surface area contributed by atoms with Crippen molar-refractivity contribution < 1.29 is 4.74 Å². The number of H-pyrrole nitrogens is 3. The van der Waals surface area contributed by atoms with Gasteiger partial charge in [0.1, 0.15) is 0 Å². The second-order valence-corrected chi connectivity index (χ2v) is 8.84. The zero-order valence-corrected chi connectivity index (χ0v) is 19.5. The van der Waals surface area contributed by atoms with Crippen molar-refractivity contribution in [1.29, 1.82) is 0 Å². The van der Waals surface area contributed by atoms with Crippen LogP contribution in [-0.4, -0.2) is 52.3 Å². The molecule has 2 aromatic heterocycles. The van der Waals surface area contributed by atoms with Crippen LogP contribution < -0.4 is 16.1 Å². The molecule has 3 N–H and O–H groups in total. The van der Waals surface area contributed by atoms with Gasteiger partial charge >= 0.3 is 5.69 Å². The maximum Gasteiger partial charge on any atom is 0.323 e. The summed E-state index contributed by atoms with van der Waals surface area (Å²) in [6.45, 7) is 4.56. The highest BCUT2D eigenvalue weighted by atomic mass is 127. The minimum Gasteiger partial charge on any atom is -0.378 e. The number of anilines is 1. The monoisotopic (exact) mass is 544 g/mol. The van der Waals surface area contributed by atoms with Gasteiger partial charge in [0.15, 0.2) is 0 Å². The summed E-state index contributed by atoms with van der Waals surface area (Å²) in [6, 6.07) is 11.4. The number of ether oxygens (including phenoxy) is 1. The molecule has 0 saturated carbocycles. The van der Waals surface area contributed by atoms with Crippen LogP contribution in [0.3, 0.4) is 0 Å². The minimum absolute atomic E-state index is 0.170. The summed E-state index contributed by atoms with van der Waals surface area (Å²) in [7, 11) is 0. The lowest BCUT2D eigenvalue weighted by molar-refractivity contribution is 0.123. The highest BCUT2D eigenvalue weighted by molar-refractivity contribution is 14.1. The van der Waals surface area contributed by atoms with E-state index >= 15 is 0 Å². The van der Waals surface area contributed by atoms with Crippen LogP contribution in [0, 0.1) is 10.5 Å². The molecule has 32 heavy (non-hydrogen) atoms. The van der Waals surface area contributed by atoms with Crippen molar-refractivity contribution in [2.24, 2.45) is 4.99 Å². The molecule has 164 valence electrons. The van der Waals surface area contributed by atoms with E-state index in [1.54, 1.807) is 6.21 Å². The van der Waals surface area contributed by atoms with E-state index in [4.69, 9.17) is 4.74 Å². The summed E-state index contributed by atoms with van der Waals surface area (Å²) in [6.07, 6.45) is 1.59. The predicted octanol–water partition coefficient (Wildman–Crippen LogP) is 2.84. The largest absolute Gasteiger partial charge is 0.378 e. The molecule has 0 bridgehead atoms. The number of hydrogen-bond donors (Lipinski definition) is 3. The third kappa shape index (κ3) is 3.91. The summed E-state index contributed by atoms with van der Waals surface area (Å²) < 4.78 is 8.08. The molecule has 9 nitrogen and oxygen atoms in total. The minimum atomic E-state index is -0.268. The Bertz CT molecular complexity index is 1420. The van der Waals surface area contributed by atoms with Crippen LogP contribution >= 0.6 is 22.6 Å². The molecule has 1 aliphatic heterocycles. The van der Waals surface area contributed by atoms with Gasteiger partial charge in [-0.05, 0) is 65.9 Å². The number of fused-ring (bicyclic) bond motifs is 1. The molecular formula is C22H21IN6O3. The van der Waals surface area contributed by atoms with Crippen LogP contribution in [0.5, 0.6) is 0 Å². The molecule has 0 spiro atoms. The lowest BCUT2D eigenvalue weighted by Crippen LogP contribution is -2.36. The number of nitrogens with one attached hydrogen (secondary N) is 3. The Balaban J connectivity index is 1.57. The fourth-order valence-electron chi connectivity index (χ4n) is 3.84. The Morgan fingerprint density at radius 2 is 1.75 bits per heavy atom. The fourth-order valence-corrected chi connectivity index (χ4v) is 4.20. The molecule has 0 unspecified atom stereocenters. The molecule has 0 amide bonds. The smallest absolute Gasteiger partial charge is 0.323 e. The van der Waals surface area contributed by atoms with Gasteiger partial charge in [-0.1, -0.05) is 0 Å². The lowest BCUT2D eigenvalue weighted by Gasteiger charge is -2.29. The summed E-state index contributed by atoms with van der Waals surface area (Å²) >= 11 is 2.23. The van der Waals surface area contributed by atoms with Crippen LogP contribution in [-0.2, 0) is 4.74 Å². The van der Waals surface area contributed by atoms with Gasteiger partial charge in [0.05, 0.1) is 46.9 Å². The van der Waals surface area contributed by atoms with Crippen molar-refractivity contribution in [2.45, 2.75) is 6.92 Å². The number of morpholine rings is 1. The van der Waals surface area contributed by atoms with Crippen molar-refractivity contribution in [3.63, 3.8) is 0 Å². The first-order valence-electron chi connectivity index (χ1n) is 10.2. The van der Waals surface area contributed by atoms with Gasteiger partial charge < -0.3 is 19.6 Å². The van der Waals surface area contributed by atoms with E-state index in [1.807, 2.05) is 43.3 Å². The normalized spacial score (nSPS) is 14.6. The molecule has 1 aliphatic rings. The van der Waals surface area contributed by atoms with E-state index in [0.717, 1.165) is 33.7 Å². The van der Waals surface area contributed by atoms with Crippen LogP contribution in [0.2, 0.25) is 0 Å². The number of aromatic amines is 3. The first-order chi connectivity index (χ1) is 15.5. The summed E-state index contributed by atoms with van der Waals surface area (Å²) in [5, 5.41) is 3.13.